The summed E-state index contributed by atoms with van der Waals surface area (Å²) in [5, 5.41) is 12.1. The van der Waals surface area contributed by atoms with Crippen LogP contribution in [-0.2, 0) is 9.53 Å². The van der Waals surface area contributed by atoms with Gasteiger partial charge in [-0.1, -0.05) is 0 Å². The van der Waals surface area contributed by atoms with Crippen molar-refractivity contribution in [2.45, 2.75) is 31.6 Å². The predicted octanol–water partition coefficient (Wildman–Crippen LogP) is 3.76. The van der Waals surface area contributed by atoms with Gasteiger partial charge in [-0.15, -0.1) is 5.10 Å². The van der Waals surface area contributed by atoms with Crippen LogP contribution in [0, 0.1) is 11.7 Å². The number of halogens is 1. The zero-order chi connectivity index (χ0) is 23.2. The quantitative estimate of drug-likeness (QED) is 0.466. The van der Waals surface area contributed by atoms with E-state index in [1.165, 1.54) is 4.52 Å². The molecular formula is C24H24FN7O2. The number of pyridine rings is 3. The Labute approximate surface area is 194 Å². The number of aromatic nitrogens is 5. The van der Waals surface area contributed by atoms with Gasteiger partial charge < -0.3 is 15.4 Å². The van der Waals surface area contributed by atoms with Crippen molar-refractivity contribution >= 4 is 34.0 Å². The highest BCUT2D eigenvalue weighted by atomic mass is 19.1. The van der Waals surface area contributed by atoms with Gasteiger partial charge in [-0.05, 0) is 49.3 Å². The van der Waals surface area contributed by atoms with Crippen LogP contribution in [0.4, 0.5) is 16.0 Å². The molecule has 6 rings (SSSR count). The molecule has 34 heavy (non-hydrogen) atoms. The van der Waals surface area contributed by atoms with Crippen LogP contribution in [0.1, 0.15) is 37.2 Å². The minimum Gasteiger partial charge on any atom is -0.381 e. The maximum atomic E-state index is 15.0. The summed E-state index contributed by atoms with van der Waals surface area (Å²) in [6, 6.07) is 3.35. The van der Waals surface area contributed by atoms with Crippen molar-refractivity contribution in [1.82, 2.24) is 24.6 Å². The Morgan fingerprint density at radius 2 is 1.94 bits per heavy atom. The summed E-state index contributed by atoms with van der Waals surface area (Å²) in [5.41, 5.74) is 1.69. The topological polar surface area (TPSA) is 106 Å². The number of amides is 1. The first-order chi connectivity index (χ1) is 16.6. The third kappa shape index (κ3) is 3.73. The monoisotopic (exact) mass is 461 g/mol. The lowest BCUT2D eigenvalue weighted by atomic mass is 9.93. The van der Waals surface area contributed by atoms with Gasteiger partial charge in [-0.25, -0.2) is 23.9 Å². The van der Waals surface area contributed by atoms with Crippen LogP contribution in [0.2, 0.25) is 0 Å². The van der Waals surface area contributed by atoms with Crippen LogP contribution < -0.4 is 10.6 Å². The number of nitrogens with zero attached hydrogens (tertiary/aromatic N) is 5. The van der Waals surface area contributed by atoms with E-state index < -0.39 is 5.82 Å². The Kier molecular flexibility index (Phi) is 5.09. The lowest BCUT2D eigenvalue weighted by Crippen LogP contribution is -2.15. The molecule has 9 nitrogen and oxygen atoms in total. The van der Waals surface area contributed by atoms with Gasteiger partial charge >= 0.3 is 0 Å². The lowest BCUT2D eigenvalue weighted by Gasteiger charge is -2.22. The van der Waals surface area contributed by atoms with E-state index in [1.54, 1.807) is 31.6 Å². The number of hydrogen-bond donors (Lipinski definition) is 2. The van der Waals surface area contributed by atoms with Crippen molar-refractivity contribution in [3.63, 3.8) is 0 Å². The number of carbonyl (C=O) groups is 1. The van der Waals surface area contributed by atoms with E-state index in [-0.39, 0.29) is 23.4 Å². The van der Waals surface area contributed by atoms with Crippen LogP contribution in [0.15, 0.2) is 30.7 Å². The van der Waals surface area contributed by atoms with E-state index in [2.05, 4.69) is 30.7 Å². The number of nitrogens with one attached hydrogen (secondary N) is 2. The van der Waals surface area contributed by atoms with E-state index in [0.29, 0.717) is 36.2 Å². The molecular weight excluding hydrogens is 437 g/mol. The number of anilines is 2. The Hall–Kier alpha value is -3.66. The van der Waals surface area contributed by atoms with Gasteiger partial charge in [0.25, 0.3) is 0 Å². The number of hydrogen-bond acceptors (Lipinski definition) is 7. The first-order valence-corrected chi connectivity index (χ1v) is 11.5. The summed E-state index contributed by atoms with van der Waals surface area (Å²) in [6.07, 6.45) is 8.71. The fraction of sp³-hybridized carbons (Fsp3) is 0.375. The molecule has 4 aromatic heterocycles. The Bertz CT molecular complexity index is 1410. The highest BCUT2D eigenvalue weighted by Gasteiger charge is 2.30. The van der Waals surface area contributed by atoms with Crippen molar-refractivity contribution in [1.29, 1.82) is 0 Å². The Balaban J connectivity index is 1.44. The minimum absolute atomic E-state index is 0.0233. The Morgan fingerprint density at radius 3 is 2.71 bits per heavy atom. The van der Waals surface area contributed by atoms with E-state index in [9.17, 15) is 4.79 Å². The summed E-state index contributed by atoms with van der Waals surface area (Å²) < 4.78 is 22.0. The second-order valence-electron chi connectivity index (χ2n) is 8.86. The lowest BCUT2D eigenvalue weighted by molar-refractivity contribution is -0.117. The molecule has 2 N–H and O–H groups in total. The number of rotatable bonds is 5. The van der Waals surface area contributed by atoms with Gasteiger partial charge in [0.1, 0.15) is 11.6 Å². The van der Waals surface area contributed by atoms with Gasteiger partial charge in [0.2, 0.25) is 5.91 Å². The molecule has 0 atom stereocenters. The molecule has 0 radical (unpaired) electrons. The molecule has 0 spiro atoms. The molecule has 2 aliphatic rings. The van der Waals surface area contributed by atoms with Crippen molar-refractivity contribution in [3.05, 3.63) is 42.1 Å². The fourth-order valence-electron chi connectivity index (χ4n) is 4.49. The van der Waals surface area contributed by atoms with E-state index in [4.69, 9.17) is 4.74 Å². The molecule has 174 valence electrons. The maximum absolute atomic E-state index is 15.0. The minimum atomic E-state index is -0.411. The average molecular weight is 462 g/mol. The van der Waals surface area contributed by atoms with Crippen LogP contribution in [0.25, 0.3) is 27.8 Å². The van der Waals surface area contributed by atoms with Gasteiger partial charge in [0, 0.05) is 61.1 Å². The van der Waals surface area contributed by atoms with Gasteiger partial charge in [-0.2, -0.15) is 0 Å². The summed E-state index contributed by atoms with van der Waals surface area (Å²) in [4.78, 5) is 25.6. The summed E-state index contributed by atoms with van der Waals surface area (Å²) in [6.45, 7) is 1.35. The van der Waals surface area contributed by atoms with Gasteiger partial charge in [0.05, 0.1) is 0 Å². The number of ether oxygens (including phenoxy) is 1. The molecule has 1 amide bonds. The number of carbonyl (C=O) groups excluding carboxylic acids is 1. The Morgan fingerprint density at radius 1 is 1.12 bits per heavy atom. The first kappa shape index (κ1) is 20.9. The van der Waals surface area contributed by atoms with Crippen molar-refractivity contribution in [2.75, 3.05) is 30.9 Å². The molecule has 1 saturated carbocycles. The highest BCUT2D eigenvalue weighted by Crippen LogP contribution is 2.34. The number of fused-ring (bicyclic) bond motifs is 2. The van der Waals surface area contributed by atoms with Crippen molar-refractivity contribution in [2.24, 2.45) is 5.92 Å². The normalized spacial score (nSPS) is 16.8. The highest BCUT2D eigenvalue weighted by molar-refractivity contribution is 6.03. The molecule has 5 heterocycles. The van der Waals surface area contributed by atoms with Crippen LogP contribution in [0.3, 0.4) is 0 Å². The standard InChI is InChI=1S/C24H24FN7O2/c1-26-21-17-10-27-20(29-24(33)14-2-3-14)9-16(17)18(11-28-21)22-30-23-19(25)8-15(12-32(23)31-22)13-4-6-34-7-5-13/h8-14H,2-7H2,1H3,(H,26,28)(H,27,29,33). The molecule has 4 aromatic rings. The molecule has 1 aliphatic carbocycles. The SMILES string of the molecule is CNc1ncc(-c2nc3c(F)cc(C4CCOCC4)cn3n2)c2cc(NC(=O)C3CC3)ncc12. The zero-order valence-electron chi connectivity index (χ0n) is 18.7. The maximum Gasteiger partial charge on any atom is 0.228 e. The van der Waals surface area contributed by atoms with E-state index in [1.807, 2.05) is 6.20 Å². The fourth-order valence-corrected chi connectivity index (χ4v) is 4.49. The molecule has 1 aliphatic heterocycles. The second kappa shape index (κ2) is 8.28. The van der Waals surface area contributed by atoms with Crippen LogP contribution in [0.5, 0.6) is 0 Å². The van der Waals surface area contributed by atoms with Crippen molar-refractivity contribution < 1.29 is 13.9 Å². The third-order valence-corrected chi connectivity index (χ3v) is 6.55. The average Bonchev–Trinajstić information content (AvgIpc) is 3.63. The molecule has 0 aromatic carbocycles. The van der Waals surface area contributed by atoms with Gasteiger partial charge in [-0.3, -0.25) is 4.79 Å². The first-order valence-electron chi connectivity index (χ1n) is 11.5. The summed E-state index contributed by atoms with van der Waals surface area (Å²) in [7, 11) is 1.78. The smallest absolute Gasteiger partial charge is 0.228 e. The molecule has 1 saturated heterocycles. The van der Waals surface area contributed by atoms with Crippen LogP contribution in [-0.4, -0.2) is 50.7 Å². The second-order valence-corrected chi connectivity index (χ2v) is 8.86. The molecule has 2 fully saturated rings. The van der Waals surface area contributed by atoms with Crippen LogP contribution >= 0.6 is 0 Å². The zero-order valence-corrected chi connectivity index (χ0v) is 18.7. The van der Waals surface area contributed by atoms with Gasteiger partial charge in [0.15, 0.2) is 17.3 Å². The largest absolute Gasteiger partial charge is 0.381 e. The summed E-state index contributed by atoms with van der Waals surface area (Å²) in [5.74, 6) is 1.32. The third-order valence-electron chi connectivity index (χ3n) is 6.55. The molecule has 0 unspecified atom stereocenters. The van der Waals surface area contributed by atoms with E-state index in [0.717, 1.165) is 42.0 Å². The van der Waals surface area contributed by atoms with E-state index >= 15 is 4.39 Å². The summed E-state index contributed by atoms with van der Waals surface area (Å²) >= 11 is 0. The predicted molar refractivity (Wildman–Crippen MR) is 125 cm³/mol. The molecule has 10 heteroatoms. The molecule has 0 bridgehead atoms. The van der Waals surface area contributed by atoms with Crippen molar-refractivity contribution in [3.8, 4) is 11.4 Å².